The Morgan fingerprint density at radius 3 is 2.62 bits per heavy atom. The molecule has 2 aromatic heterocycles. The highest BCUT2D eigenvalue weighted by Gasteiger charge is 2.16. The number of hydrogen-bond donors (Lipinski definition) is 3. The third-order valence-electron chi connectivity index (χ3n) is 4.55. The number of hydrogen-bond acceptors (Lipinski definition) is 3. The van der Waals surface area contributed by atoms with Gasteiger partial charge in [-0.05, 0) is 44.4 Å². The summed E-state index contributed by atoms with van der Waals surface area (Å²) in [6, 6.07) is 5.97. The number of rotatable bonds is 3. The molecular formula is C18H20N4O2. The van der Waals surface area contributed by atoms with E-state index >= 15 is 0 Å². The zero-order valence-electron chi connectivity index (χ0n) is 14.2. The van der Waals surface area contributed by atoms with E-state index in [1.54, 1.807) is 0 Å². The van der Waals surface area contributed by atoms with Crippen LogP contribution in [0.15, 0.2) is 23.0 Å². The lowest BCUT2D eigenvalue weighted by molar-refractivity contribution is 0.0946. The summed E-state index contributed by atoms with van der Waals surface area (Å²) in [5.74, 6) is -0.226. The highest BCUT2D eigenvalue weighted by atomic mass is 16.2. The topological polar surface area (TPSA) is 90.6 Å². The number of aryl methyl sites for hydroxylation is 3. The molecule has 24 heavy (non-hydrogen) atoms. The second-order valence-electron chi connectivity index (χ2n) is 6.05. The van der Waals surface area contributed by atoms with Crippen LogP contribution in [0.3, 0.4) is 0 Å². The summed E-state index contributed by atoms with van der Waals surface area (Å²) in [6.07, 6.45) is 0. The number of para-hydroxylation sites is 1. The Bertz CT molecular complexity index is 998. The third kappa shape index (κ3) is 2.60. The average molecular weight is 324 g/mol. The molecule has 3 rings (SSSR count). The van der Waals surface area contributed by atoms with Crippen molar-refractivity contribution in [3.63, 3.8) is 0 Å². The number of nitrogens with one attached hydrogen (secondary N) is 3. The van der Waals surface area contributed by atoms with Gasteiger partial charge in [-0.2, -0.15) is 5.10 Å². The van der Waals surface area contributed by atoms with Gasteiger partial charge in [0.2, 0.25) is 0 Å². The lowest BCUT2D eigenvalue weighted by Gasteiger charge is -2.08. The standard InChI is InChI=1S/C18H20N4O2/c1-9-6-5-7-13-11(3)16(20-15(9)13)18(24)19-8-14-10(2)12(4)21-22-17(14)23/h5-7,20H,8H2,1-4H3,(H,19,24)(H,22,23). The van der Waals surface area contributed by atoms with Crippen LogP contribution in [0.2, 0.25) is 0 Å². The van der Waals surface area contributed by atoms with Crippen molar-refractivity contribution in [2.45, 2.75) is 34.2 Å². The maximum atomic E-state index is 12.6. The van der Waals surface area contributed by atoms with E-state index in [2.05, 4.69) is 20.5 Å². The van der Waals surface area contributed by atoms with Crippen LogP contribution in [-0.2, 0) is 6.54 Å². The molecule has 3 N–H and O–H groups in total. The minimum atomic E-state index is -0.275. The second-order valence-corrected chi connectivity index (χ2v) is 6.05. The van der Waals surface area contributed by atoms with E-state index in [0.717, 1.165) is 33.3 Å². The number of nitrogens with zero attached hydrogens (tertiary/aromatic N) is 1. The molecule has 0 fully saturated rings. The van der Waals surface area contributed by atoms with Gasteiger partial charge in [0, 0.05) is 23.0 Å². The molecule has 1 aromatic carbocycles. The maximum Gasteiger partial charge on any atom is 0.269 e. The van der Waals surface area contributed by atoms with Crippen LogP contribution in [-0.4, -0.2) is 21.1 Å². The van der Waals surface area contributed by atoms with Gasteiger partial charge in [0.15, 0.2) is 0 Å². The highest BCUT2D eigenvalue weighted by molar-refractivity contribution is 6.01. The van der Waals surface area contributed by atoms with Crippen molar-refractivity contribution in [3.8, 4) is 0 Å². The summed E-state index contributed by atoms with van der Waals surface area (Å²) in [6.45, 7) is 7.74. The quantitative estimate of drug-likeness (QED) is 0.691. The van der Waals surface area contributed by atoms with Crippen LogP contribution in [0.5, 0.6) is 0 Å². The van der Waals surface area contributed by atoms with Gasteiger partial charge in [-0.25, -0.2) is 5.10 Å². The van der Waals surface area contributed by atoms with Crippen LogP contribution in [0.4, 0.5) is 0 Å². The SMILES string of the molecule is Cc1n[nH]c(=O)c(CNC(=O)c2[nH]c3c(C)cccc3c2C)c1C. The molecule has 0 radical (unpaired) electrons. The first kappa shape index (κ1) is 16.0. The number of H-pyrrole nitrogens is 2. The molecule has 0 aliphatic rings. The minimum Gasteiger partial charge on any atom is -0.350 e. The van der Waals surface area contributed by atoms with Gasteiger partial charge < -0.3 is 10.3 Å². The molecular weight excluding hydrogens is 304 g/mol. The van der Waals surface area contributed by atoms with E-state index < -0.39 is 0 Å². The van der Waals surface area contributed by atoms with Gasteiger partial charge in [0.05, 0.1) is 5.69 Å². The number of carbonyl (C=O) groups is 1. The lowest BCUT2D eigenvalue weighted by Crippen LogP contribution is -2.29. The molecule has 0 aliphatic heterocycles. The number of amides is 1. The molecule has 6 nitrogen and oxygen atoms in total. The van der Waals surface area contributed by atoms with Crippen molar-refractivity contribution in [3.05, 3.63) is 62.2 Å². The Morgan fingerprint density at radius 2 is 1.92 bits per heavy atom. The monoisotopic (exact) mass is 324 g/mol. The van der Waals surface area contributed by atoms with Crippen LogP contribution in [0, 0.1) is 27.7 Å². The number of aromatic amines is 2. The summed E-state index contributed by atoms with van der Waals surface area (Å²) in [7, 11) is 0. The number of aromatic nitrogens is 3. The second kappa shape index (κ2) is 5.96. The minimum absolute atomic E-state index is 0.164. The van der Waals surface area contributed by atoms with Crippen LogP contribution in [0.1, 0.15) is 38.4 Å². The average Bonchev–Trinajstić information content (AvgIpc) is 2.90. The van der Waals surface area contributed by atoms with Crippen LogP contribution in [0.25, 0.3) is 10.9 Å². The lowest BCUT2D eigenvalue weighted by atomic mass is 10.1. The Hall–Kier alpha value is -2.89. The van der Waals surface area contributed by atoms with Crippen molar-refractivity contribution in [1.29, 1.82) is 0 Å². The summed E-state index contributed by atoms with van der Waals surface area (Å²) in [4.78, 5) is 27.7. The smallest absolute Gasteiger partial charge is 0.269 e. The fraction of sp³-hybridized carbons (Fsp3) is 0.278. The molecule has 3 aromatic rings. The molecule has 0 saturated heterocycles. The molecule has 6 heteroatoms. The molecule has 0 saturated carbocycles. The fourth-order valence-electron chi connectivity index (χ4n) is 2.87. The van der Waals surface area contributed by atoms with Gasteiger partial charge in [-0.1, -0.05) is 18.2 Å². The summed E-state index contributed by atoms with van der Waals surface area (Å²) in [5.41, 5.74) is 5.28. The van der Waals surface area contributed by atoms with Gasteiger partial charge >= 0.3 is 0 Å². The Morgan fingerprint density at radius 1 is 1.17 bits per heavy atom. The first-order valence-corrected chi connectivity index (χ1v) is 7.81. The fourth-order valence-corrected chi connectivity index (χ4v) is 2.87. The van der Waals surface area contributed by atoms with E-state index in [-0.39, 0.29) is 18.0 Å². The molecule has 0 atom stereocenters. The molecule has 1 amide bonds. The van der Waals surface area contributed by atoms with E-state index in [1.807, 2.05) is 45.9 Å². The Kier molecular flexibility index (Phi) is 3.97. The zero-order chi connectivity index (χ0) is 17.4. The van der Waals surface area contributed by atoms with E-state index in [0.29, 0.717) is 11.3 Å². The predicted molar refractivity (Wildman–Crippen MR) is 93.3 cm³/mol. The van der Waals surface area contributed by atoms with Crippen molar-refractivity contribution in [2.75, 3.05) is 0 Å². The van der Waals surface area contributed by atoms with Crippen molar-refractivity contribution in [2.24, 2.45) is 0 Å². The van der Waals surface area contributed by atoms with E-state index in [9.17, 15) is 9.59 Å². The van der Waals surface area contributed by atoms with Crippen molar-refractivity contribution < 1.29 is 4.79 Å². The summed E-state index contributed by atoms with van der Waals surface area (Å²) in [5, 5.41) is 10.2. The van der Waals surface area contributed by atoms with Crippen LogP contribution < -0.4 is 10.9 Å². The molecule has 0 unspecified atom stereocenters. The highest BCUT2D eigenvalue weighted by Crippen LogP contribution is 2.24. The number of carbonyl (C=O) groups excluding carboxylic acids is 1. The van der Waals surface area contributed by atoms with Crippen molar-refractivity contribution in [1.82, 2.24) is 20.5 Å². The van der Waals surface area contributed by atoms with Gasteiger partial charge in [0.25, 0.3) is 11.5 Å². The van der Waals surface area contributed by atoms with E-state index in [4.69, 9.17) is 0 Å². The van der Waals surface area contributed by atoms with Gasteiger partial charge in [-0.15, -0.1) is 0 Å². The zero-order valence-corrected chi connectivity index (χ0v) is 14.2. The summed E-state index contributed by atoms with van der Waals surface area (Å²) >= 11 is 0. The van der Waals surface area contributed by atoms with Crippen molar-refractivity contribution >= 4 is 16.8 Å². The molecule has 0 bridgehead atoms. The largest absolute Gasteiger partial charge is 0.350 e. The number of fused-ring (bicyclic) bond motifs is 1. The molecule has 0 aliphatic carbocycles. The van der Waals surface area contributed by atoms with E-state index in [1.165, 1.54) is 0 Å². The molecule has 0 spiro atoms. The van der Waals surface area contributed by atoms with Crippen LogP contribution >= 0.6 is 0 Å². The first-order valence-electron chi connectivity index (χ1n) is 7.81. The first-order chi connectivity index (χ1) is 11.4. The maximum absolute atomic E-state index is 12.6. The predicted octanol–water partition coefficient (Wildman–Crippen LogP) is 2.41. The Balaban J connectivity index is 1.89. The molecule has 2 heterocycles. The third-order valence-corrected chi connectivity index (χ3v) is 4.55. The summed E-state index contributed by atoms with van der Waals surface area (Å²) < 4.78 is 0. The molecule has 124 valence electrons. The van der Waals surface area contributed by atoms with Gasteiger partial charge in [0.1, 0.15) is 5.69 Å². The Labute approximate surface area is 139 Å². The normalized spacial score (nSPS) is 11.0. The van der Waals surface area contributed by atoms with Gasteiger partial charge in [-0.3, -0.25) is 9.59 Å². The number of benzene rings is 1.